The molecule has 1 amide bonds. The van der Waals surface area contributed by atoms with Crippen molar-refractivity contribution in [3.05, 3.63) is 88.2 Å². The van der Waals surface area contributed by atoms with Gasteiger partial charge < -0.3 is 14.6 Å². The first-order valence-electron chi connectivity index (χ1n) is 10.1. The molecule has 2 aromatic carbocycles. The highest BCUT2D eigenvalue weighted by Gasteiger charge is 2.18. The molecule has 1 heterocycles. The lowest BCUT2D eigenvalue weighted by Crippen LogP contribution is -2.19. The van der Waals surface area contributed by atoms with E-state index in [9.17, 15) is 14.4 Å². The van der Waals surface area contributed by atoms with Crippen LogP contribution < -0.4 is 5.32 Å². The molecule has 3 aromatic rings. The molecule has 0 aliphatic rings. The molecule has 0 fully saturated rings. The number of aromatic nitrogens is 1. The first-order chi connectivity index (χ1) is 14.8. The van der Waals surface area contributed by atoms with Gasteiger partial charge in [0.2, 0.25) is 11.7 Å². The molecule has 31 heavy (non-hydrogen) atoms. The molecule has 6 nitrogen and oxygen atoms in total. The molecule has 0 bridgehead atoms. The van der Waals surface area contributed by atoms with Gasteiger partial charge in [0.1, 0.15) is 0 Å². The first kappa shape index (κ1) is 22.0. The van der Waals surface area contributed by atoms with Crippen molar-refractivity contribution in [1.82, 2.24) is 9.88 Å². The van der Waals surface area contributed by atoms with Gasteiger partial charge >= 0.3 is 5.97 Å². The zero-order valence-corrected chi connectivity index (χ0v) is 18.2. The van der Waals surface area contributed by atoms with Crippen LogP contribution in [0.5, 0.6) is 0 Å². The monoisotopic (exact) mass is 418 g/mol. The number of carbonyl (C=O) groups excluding carboxylic acids is 3. The molecule has 6 heteroatoms. The molecular weight excluding hydrogens is 392 g/mol. The molecule has 0 spiro atoms. The number of carbonyl (C=O) groups is 3. The van der Waals surface area contributed by atoms with Crippen LogP contribution in [0.3, 0.4) is 0 Å². The van der Waals surface area contributed by atoms with Crippen molar-refractivity contribution in [3.63, 3.8) is 0 Å². The van der Waals surface area contributed by atoms with Crippen molar-refractivity contribution in [2.75, 3.05) is 6.61 Å². The van der Waals surface area contributed by atoms with Crippen LogP contribution in [0.2, 0.25) is 0 Å². The fraction of sp³-hybridized carbons (Fsp3) is 0.240. The van der Waals surface area contributed by atoms with Gasteiger partial charge in [0.15, 0.2) is 6.61 Å². The summed E-state index contributed by atoms with van der Waals surface area (Å²) in [7, 11) is 0. The van der Waals surface area contributed by atoms with Crippen molar-refractivity contribution in [3.8, 4) is 5.69 Å². The molecule has 0 aliphatic heterocycles. The fourth-order valence-electron chi connectivity index (χ4n) is 3.41. The molecule has 0 saturated carbocycles. The maximum absolute atomic E-state index is 12.7. The van der Waals surface area contributed by atoms with Gasteiger partial charge in [-0.2, -0.15) is 0 Å². The van der Waals surface area contributed by atoms with Gasteiger partial charge in [-0.3, -0.25) is 9.59 Å². The van der Waals surface area contributed by atoms with E-state index in [0.29, 0.717) is 17.7 Å². The first-order valence-corrected chi connectivity index (χ1v) is 10.1. The number of amides is 1. The summed E-state index contributed by atoms with van der Waals surface area (Å²) in [6, 6.07) is 16.6. The molecule has 160 valence electrons. The van der Waals surface area contributed by atoms with Crippen molar-refractivity contribution < 1.29 is 19.1 Å². The van der Waals surface area contributed by atoms with E-state index < -0.39 is 5.97 Å². The molecule has 1 aromatic heterocycles. The van der Waals surface area contributed by atoms with Crippen molar-refractivity contribution in [1.29, 1.82) is 0 Å². The lowest BCUT2D eigenvalue weighted by Gasteiger charge is -2.10. The van der Waals surface area contributed by atoms with Crippen molar-refractivity contribution >= 4 is 17.7 Å². The highest BCUT2D eigenvalue weighted by atomic mass is 16.5. The van der Waals surface area contributed by atoms with Gasteiger partial charge in [-0.15, -0.1) is 0 Å². The van der Waals surface area contributed by atoms with E-state index in [1.165, 1.54) is 6.92 Å². The van der Waals surface area contributed by atoms with Gasteiger partial charge in [-0.25, -0.2) is 4.79 Å². The number of esters is 1. The number of ether oxygens (including phenoxy) is 1. The van der Waals surface area contributed by atoms with Gasteiger partial charge in [0.05, 0.1) is 5.56 Å². The molecule has 1 N–H and O–H groups in total. The van der Waals surface area contributed by atoms with Crippen molar-refractivity contribution in [2.45, 2.75) is 34.2 Å². The SMILES string of the molecule is CC(=O)NCc1ccc(C(=O)OCC(=O)c2cc(C)n(-c3ccc(C)cc3)c2C)cc1. The number of nitrogens with zero attached hydrogens (tertiary/aromatic N) is 1. The summed E-state index contributed by atoms with van der Waals surface area (Å²) in [4.78, 5) is 36.0. The van der Waals surface area contributed by atoms with E-state index in [4.69, 9.17) is 4.74 Å². The van der Waals surface area contributed by atoms with Crippen LogP contribution in [0.4, 0.5) is 0 Å². The lowest BCUT2D eigenvalue weighted by molar-refractivity contribution is -0.119. The van der Waals surface area contributed by atoms with E-state index in [0.717, 1.165) is 28.2 Å². The smallest absolute Gasteiger partial charge is 0.338 e. The highest BCUT2D eigenvalue weighted by Crippen LogP contribution is 2.22. The standard InChI is InChI=1S/C25H26N2O4/c1-16-5-11-22(12-6-16)27-17(2)13-23(18(27)3)24(29)15-31-25(30)21-9-7-20(8-10-21)14-26-19(4)28/h5-13H,14-15H2,1-4H3,(H,26,28). The zero-order chi connectivity index (χ0) is 22.5. The Hall–Kier alpha value is -3.67. The summed E-state index contributed by atoms with van der Waals surface area (Å²) in [6.07, 6.45) is 0. The van der Waals surface area contributed by atoms with Crippen LogP contribution >= 0.6 is 0 Å². The van der Waals surface area contributed by atoms with Crippen LogP contribution in [0.25, 0.3) is 5.69 Å². The van der Waals surface area contributed by atoms with E-state index >= 15 is 0 Å². The Bertz CT molecular complexity index is 1110. The molecule has 0 aliphatic carbocycles. The van der Waals surface area contributed by atoms with Crippen molar-refractivity contribution in [2.24, 2.45) is 0 Å². The molecular formula is C25H26N2O4. The largest absolute Gasteiger partial charge is 0.454 e. The molecule has 0 saturated heterocycles. The number of hydrogen-bond donors (Lipinski definition) is 1. The number of rotatable bonds is 7. The third kappa shape index (κ3) is 5.28. The third-order valence-electron chi connectivity index (χ3n) is 5.09. The fourth-order valence-corrected chi connectivity index (χ4v) is 3.41. The Morgan fingerprint density at radius 2 is 1.58 bits per heavy atom. The Kier molecular flexibility index (Phi) is 6.70. The van der Waals surface area contributed by atoms with Crippen LogP contribution in [0.15, 0.2) is 54.6 Å². The summed E-state index contributed by atoms with van der Waals surface area (Å²) >= 11 is 0. The topological polar surface area (TPSA) is 77.4 Å². The quantitative estimate of drug-likeness (QED) is 0.463. The Morgan fingerprint density at radius 3 is 2.19 bits per heavy atom. The number of ketones is 1. The van der Waals surface area contributed by atoms with E-state index in [-0.39, 0.29) is 18.3 Å². The predicted octanol–water partition coefficient (Wildman–Crippen LogP) is 4.08. The maximum atomic E-state index is 12.7. The molecule has 0 atom stereocenters. The molecule has 3 rings (SSSR count). The summed E-state index contributed by atoms with van der Waals surface area (Å²) < 4.78 is 7.26. The lowest BCUT2D eigenvalue weighted by atomic mass is 10.1. The second kappa shape index (κ2) is 9.43. The molecule has 0 unspecified atom stereocenters. The Balaban J connectivity index is 1.65. The predicted molar refractivity (Wildman–Crippen MR) is 119 cm³/mol. The van der Waals surface area contributed by atoms with Gasteiger partial charge in [0, 0.05) is 36.1 Å². The second-order valence-electron chi connectivity index (χ2n) is 7.56. The van der Waals surface area contributed by atoms with E-state index in [1.807, 2.05) is 55.7 Å². The Labute approximate surface area is 181 Å². The number of aryl methyl sites for hydroxylation is 2. The van der Waals surface area contributed by atoms with Crippen LogP contribution in [0.1, 0.15) is 50.2 Å². The minimum Gasteiger partial charge on any atom is -0.454 e. The minimum absolute atomic E-state index is 0.122. The third-order valence-corrected chi connectivity index (χ3v) is 5.09. The highest BCUT2D eigenvalue weighted by molar-refractivity contribution is 6.00. The van der Waals surface area contributed by atoms with Gasteiger partial charge in [0.25, 0.3) is 0 Å². The Morgan fingerprint density at radius 1 is 0.935 bits per heavy atom. The maximum Gasteiger partial charge on any atom is 0.338 e. The summed E-state index contributed by atoms with van der Waals surface area (Å²) in [5.74, 6) is -0.933. The zero-order valence-electron chi connectivity index (χ0n) is 18.2. The summed E-state index contributed by atoms with van der Waals surface area (Å²) in [6.45, 7) is 7.36. The normalized spacial score (nSPS) is 10.6. The van der Waals surface area contributed by atoms with Crippen LogP contribution in [-0.2, 0) is 16.1 Å². The van der Waals surface area contributed by atoms with Crippen LogP contribution in [0, 0.1) is 20.8 Å². The number of hydrogen-bond acceptors (Lipinski definition) is 4. The average molecular weight is 418 g/mol. The summed E-state index contributed by atoms with van der Waals surface area (Å²) in [5, 5.41) is 2.69. The van der Waals surface area contributed by atoms with Gasteiger partial charge in [-0.05, 0) is 56.7 Å². The molecule has 0 radical (unpaired) electrons. The average Bonchev–Trinajstić information content (AvgIpc) is 3.05. The second-order valence-corrected chi connectivity index (χ2v) is 7.56. The van der Waals surface area contributed by atoms with Gasteiger partial charge in [-0.1, -0.05) is 29.8 Å². The number of nitrogens with one attached hydrogen (secondary N) is 1. The minimum atomic E-state index is -0.563. The number of benzene rings is 2. The summed E-state index contributed by atoms with van der Waals surface area (Å²) in [5.41, 5.74) is 5.65. The van der Waals surface area contributed by atoms with E-state index in [2.05, 4.69) is 5.32 Å². The number of Topliss-reactive ketones (excluding diaryl/α,β-unsaturated/α-hetero) is 1. The van der Waals surface area contributed by atoms with E-state index in [1.54, 1.807) is 24.3 Å². The van der Waals surface area contributed by atoms with Crippen LogP contribution in [-0.4, -0.2) is 28.8 Å².